The first-order valence-electron chi connectivity index (χ1n) is 6.69. The second kappa shape index (κ2) is 5.61. The van der Waals surface area contributed by atoms with Crippen molar-refractivity contribution in [1.29, 1.82) is 0 Å². The summed E-state index contributed by atoms with van der Waals surface area (Å²) in [6.07, 6.45) is 5.53. The number of nitrogens with one attached hydrogen (secondary N) is 1. The summed E-state index contributed by atoms with van der Waals surface area (Å²) < 4.78 is 2.00. The lowest BCUT2D eigenvalue weighted by Gasteiger charge is -2.08. The van der Waals surface area contributed by atoms with Gasteiger partial charge in [-0.05, 0) is 36.8 Å². The van der Waals surface area contributed by atoms with Crippen LogP contribution in [0.4, 0.5) is 5.69 Å². The molecule has 2 aromatic carbocycles. The van der Waals surface area contributed by atoms with Crippen LogP contribution in [0.25, 0.3) is 5.69 Å². The molecule has 20 heavy (non-hydrogen) atoms. The van der Waals surface area contributed by atoms with E-state index in [2.05, 4.69) is 65.8 Å². The first-order valence-corrected chi connectivity index (χ1v) is 6.69. The third kappa shape index (κ3) is 2.88. The van der Waals surface area contributed by atoms with E-state index in [-0.39, 0.29) is 0 Å². The summed E-state index contributed by atoms with van der Waals surface area (Å²) in [6, 6.07) is 16.9. The van der Waals surface area contributed by atoms with Gasteiger partial charge in [-0.1, -0.05) is 29.8 Å². The highest BCUT2D eigenvalue weighted by Gasteiger charge is 1.97. The fourth-order valence-electron chi connectivity index (χ4n) is 2.07. The SMILES string of the molecule is Cc1ccc(NCc2ccc(-n3ccnc3)cc2)cc1. The number of hydrogen-bond acceptors (Lipinski definition) is 2. The van der Waals surface area contributed by atoms with Crippen molar-refractivity contribution in [3.8, 4) is 5.69 Å². The molecule has 0 saturated heterocycles. The van der Waals surface area contributed by atoms with Gasteiger partial charge in [0.2, 0.25) is 0 Å². The molecule has 100 valence electrons. The van der Waals surface area contributed by atoms with Gasteiger partial charge in [-0.3, -0.25) is 0 Å². The van der Waals surface area contributed by atoms with Crippen molar-refractivity contribution in [2.75, 3.05) is 5.32 Å². The minimum absolute atomic E-state index is 0.827. The Morgan fingerprint density at radius 2 is 1.75 bits per heavy atom. The number of rotatable bonds is 4. The Hall–Kier alpha value is -2.55. The largest absolute Gasteiger partial charge is 0.381 e. The highest BCUT2D eigenvalue weighted by Crippen LogP contribution is 2.13. The quantitative estimate of drug-likeness (QED) is 0.776. The Bertz CT molecular complexity index is 652. The first kappa shape index (κ1) is 12.5. The molecule has 0 spiro atoms. The zero-order valence-corrected chi connectivity index (χ0v) is 11.5. The summed E-state index contributed by atoms with van der Waals surface area (Å²) in [6.45, 7) is 2.92. The molecule has 3 rings (SSSR count). The van der Waals surface area contributed by atoms with Crippen LogP contribution in [0.5, 0.6) is 0 Å². The van der Waals surface area contributed by atoms with Crippen LogP contribution in [0.15, 0.2) is 67.3 Å². The van der Waals surface area contributed by atoms with E-state index in [0.29, 0.717) is 0 Å². The van der Waals surface area contributed by atoms with Gasteiger partial charge in [-0.2, -0.15) is 0 Å². The Balaban J connectivity index is 1.65. The molecule has 0 amide bonds. The summed E-state index contributed by atoms with van der Waals surface area (Å²) in [5.41, 5.74) is 4.81. The lowest BCUT2D eigenvalue weighted by Crippen LogP contribution is -1.99. The van der Waals surface area contributed by atoms with Crippen LogP contribution in [0.2, 0.25) is 0 Å². The number of hydrogen-bond donors (Lipinski definition) is 1. The van der Waals surface area contributed by atoms with Gasteiger partial charge in [-0.25, -0.2) is 4.98 Å². The molecule has 0 atom stereocenters. The van der Waals surface area contributed by atoms with Crippen molar-refractivity contribution in [3.63, 3.8) is 0 Å². The Labute approximate surface area is 118 Å². The second-order valence-corrected chi connectivity index (χ2v) is 4.86. The van der Waals surface area contributed by atoms with E-state index in [1.165, 1.54) is 11.1 Å². The molecule has 1 heterocycles. The van der Waals surface area contributed by atoms with Gasteiger partial charge >= 0.3 is 0 Å². The molecule has 1 aromatic heterocycles. The van der Waals surface area contributed by atoms with Crippen LogP contribution >= 0.6 is 0 Å². The molecular weight excluding hydrogens is 246 g/mol. The summed E-state index contributed by atoms with van der Waals surface area (Å²) >= 11 is 0. The Morgan fingerprint density at radius 1 is 1.00 bits per heavy atom. The van der Waals surface area contributed by atoms with Gasteiger partial charge in [0.1, 0.15) is 0 Å². The minimum atomic E-state index is 0.827. The average Bonchev–Trinajstić information content (AvgIpc) is 3.01. The molecular formula is C17H17N3. The zero-order valence-electron chi connectivity index (χ0n) is 11.5. The van der Waals surface area contributed by atoms with Crippen molar-refractivity contribution in [1.82, 2.24) is 9.55 Å². The summed E-state index contributed by atoms with van der Waals surface area (Å²) in [5, 5.41) is 3.42. The van der Waals surface area contributed by atoms with Crippen LogP contribution in [0, 0.1) is 6.92 Å². The van der Waals surface area contributed by atoms with Crippen molar-refractivity contribution in [2.45, 2.75) is 13.5 Å². The molecule has 0 aliphatic heterocycles. The maximum absolute atomic E-state index is 4.05. The number of nitrogens with zero attached hydrogens (tertiary/aromatic N) is 2. The molecule has 0 radical (unpaired) electrons. The highest BCUT2D eigenvalue weighted by atomic mass is 15.0. The van der Waals surface area contributed by atoms with E-state index in [1.807, 2.05) is 10.8 Å². The fourth-order valence-corrected chi connectivity index (χ4v) is 2.07. The maximum atomic E-state index is 4.05. The standard InChI is InChI=1S/C17H17N3/c1-14-2-6-16(7-3-14)19-12-15-4-8-17(9-5-15)20-11-10-18-13-20/h2-11,13,19H,12H2,1H3. The topological polar surface area (TPSA) is 29.9 Å². The van der Waals surface area contributed by atoms with Crippen LogP contribution in [0.1, 0.15) is 11.1 Å². The number of anilines is 1. The van der Waals surface area contributed by atoms with Gasteiger partial charge in [0, 0.05) is 30.3 Å². The smallest absolute Gasteiger partial charge is 0.0991 e. The third-order valence-electron chi connectivity index (χ3n) is 3.29. The molecule has 0 aliphatic rings. The van der Waals surface area contributed by atoms with E-state index < -0.39 is 0 Å². The molecule has 0 unspecified atom stereocenters. The van der Waals surface area contributed by atoms with Gasteiger partial charge < -0.3 is 9.88 Å². The van der Waals surface area contributed by atoms with Crippen LogP contribution in [-0.2, 0) is 6.54 Å². The lowest BCUT2D eigenvalue weighted by atomic mass is 10.2. The number of benzene rings is 2. The highest BCUT2D eigenvalue weighted by molar-refractivity contribution is 5.45. The molecule has 1 N–H and O–H groups in total. The third-order valence-corrected chi connectivity index (χ3v) is 3.29. The van der Waals surface area contributed by atoms with Crippen molar-refractivity contribution in [3.05, 3.63) is 78.4 Å². The molecule has 0 fully saturated rings. The number of imidazole rings is 1. The van der Waals surface area contributed by atoms with E-state index in [9.17, 15) is 0 Å². The molecule has 0 bridgehead atoms. The van der Waals surface area contributed by atoms with E-state index in [1.54, 1.807) is 12.5 Å². The molecule has 0 saturated carbocycles. The van der Waals surface area contributed by atoms with Gasteiger partial charge in [0.25, 0.3) is 0 Å². The Morgan fingerprint density at radius 3 is 2.40 bits per heavy atom. The summed E-state index contributed by atoms with van der Waals surface area (Å²) in [7, 11) is 0. The zero-order chi connectivity index (χ0) is 13.8. The van der Waals surface area contributed by atoms with E-state index >= 15 is 0 Å². The first-order chi connectivity index (χ1) is 9.81. The molecule has 3 heteroatoms. The minimum Gasteiger partial charge on any atom is -0.381 e. The molecule has 3 nitrogen and oxygen atoms in total. The van der Waals surface area contributed by atoms with Gasteiger partial charge in [0.05, 0.1) is 6.33 Å². The monoisotopic (exact) mass is 263 g/mol. The number of aryl methyl sites for hydroxylation is 1. The fraction of sp³-hybridized carbons (Fsp3) is 0.118. The van der Waals surface area contributed by atoms with Crippen LogP contribution in [-0.4, -0.2) is 9.55 Å². The van der Waals surface area contributed by atoms with E-state index in [4.69, 9.17) is 0 Å². The maximum Gasteiger partial charge on any atom is 0.0991 e. The predicted molar refractivity (Wildman–Crippen MR) is 82.1 cm³/mol. The Kier molecular flexibility index (Phi) is 3.50. The van der Waals surface area contributed by atoms with Crippen LogP contribution < -0.4 is 5.32 Å². The van der Waals surface area contributed by atoms with Gasteiger partial charge in [0.15, 0.2) is 0 Å². The predicted octanol–water partition coefficient (Wildman–Crippen LogP) is 3.79. The molecule has 3 aromatic rings. The number of aromatic nitrogens is 2. The average molecular weight is 263 g/mol. The van der Waals surface area contributed by atoms with E-state index in [0.717, 1.165) is 17.9 Å². The lowest BCUT2D eigenvalue weighted by molar-refractivity contribution is 1.05. The normalized spacial score (nSPS) is 10.4. The van der Waals surface area contributed by atoms with Crippen LogP contribution in [0.3, 0.4) is 0 Å². The summed E-state index contributed by atoms with van der Waals surface area (Å²) in [4.78, 5) is 4.05. The van der Waals surface area contributed by atoms with Crippen molar-refractivity contribution >= 4 is 5.69 Å². The summed E-state index contributed by atoms with van der Waals surface area (Å²) in [5.74, 6) is 0. The molecule has 0 aliphatic carbocycles. The second-order valence-electron chi connectivity index (χ2n) is 4.86. The van der Waals surface area contributed by atoms with Crippen molar-refractivity contribution < 1.29 is 0 Å². The van der Waals surface area contributed by atoms with Crippen molar-refractivity contribution in [2.24, 2.45) is 0 Å². The van der Waals surface area contributed by atoms with Gasteiger partial charge in [-0.15, -0.1) is 0 Å².